The van der Waals surface area contributed by atoms with Gasteiger partial charge in [0.25, 0.3) is 0 Å². The third kappa shape index (κ3) is 5.24. The fraction of sp³-hybridized carbons (Fsp3) is 0.667. The van der Waals surface area contributed by atoms with Gasteiger partial charge in [0, 0.05) is 20.4 Å². The maximum absolute atomic E-state index is 13.3. The number of hydrogen-bond donors (Lipinski definition) is 0. The molecule has 4 aliphatic carbocycles. The second-order valence-corrected chi connectivity index (χ2v) is 16.9. The minimum atomic E-state index is -1.37. The summed E-state index contributed by atoms with van der Waals surface area (Å²) < 4.78 is 17.4. The first kappa shape index (κ1) is 25.0. The van der Waals surface area contributed by atoms with Gasteiger partial charge in [0.1, 0.15) is 11.5 Å². The average molecular weight is 487 g/mol. The molecule has 0 radical (unpaired) electrons. The quantitative estimate of drug-likeness (QED) is 0.351. The highest BCUT2D eigenvalue weighted by Crippen LogP contribution is 2.55. The maximum atomic E-state index is 13.3. The number of fused-ring (bicyclic) bond motifs is 2. The number of ether oxygens (including phenoxy) is 3. The SMILES string of the molecule is CCCOC(=O)C1C2C(=O)CC(c3ccc(OC4CCCC4)cc32)C1C(=O)OCC[Si](C)(C)C. The van der Waals surface area contributed by atoms with E-state index in [9.17, 15) is 14.4 Å². The van der Waals surface area contributed by atoms with Crippen molar-refractivity contribution in [2.24, 2.45) is 11.8 Å². The van der Waals surface area contributed by atoms with Crippen LogP contribution in [-0.2, 0) is 23.9 Å². The summed E-state index contributed by atoms with van der Waals surface area (Å²) in [5.74, 6) is -2.70. The van der Waals surface area contributed by atoms with Crippen molar-refractivity contribution >= 4 is 25.8 Å². The lowest BCUT2D eigenvalue weighted by molar-refractivity contribution is -0.167. The van der Waals surface area contributed by atoms with E-state index in [1.807, 2.05) is 25.1 Å². The van der Waals surface area contributed by atoms with E-state index in [0.717, 1.165) is 35.8 Å². The Hall–Kier alpha value is -2.15. The lowest BCUT2D eigenvalue weighted by Crippen LogP contribution is -2.50. The fourth-order valence-electron chi connectivity index (χ4n) is 5.68. The first-order valence-corrected chi connectivity index (χ1v) is 16.6. The number of esters is 2. The van der Waals surface area contributed by atoms with E-state index in [-0.39, 0.29) is 36.8 Å². The molecule has 6 nitrogen and oxygen atoms in total. The molecule has 7 heteroatoms. The van der Waals surface area contributed by atoms with Gasteiger partial charge in [-0.2, -0.15) is 0 Å². The van der Waals surface area contributed by atoms with Crippen molar-refractivity contribution < 1.29 is 28.6 Å². The Labute approximate surface area is 203 Å². The van der Waals surface area contributed by atoms with E-state index < -0.39 is 31.8 Å². The molecule has 1 aromatic rings. The summed E-state index contributed by atoms with van der Waals surface area (Å²) in [4.78, 5) is 39.7. The number of carbonyl (C=O) groups is 3. The molecule has 4 atom stereocenters. The molecule has 5 rings (SSSR count). The lowest BCUT2D eigenvalue weighted by atomic mass is 9.55. The molecule has 2 fully saturated rings. The highest BCUT2D eigenvalue weighted by molar-refractivity contribution is 6.76. The molecule has 1 aromatic carbocycles. The Morgan fingerprint density at radius 3 is 2.32 bits per heavy atom. The van der Waals surface area contributed by atoms with Gasteiger partial charge in [0.05, 0.1) is 37.1 Å². The van der Waals surface area contributed by atoms with Gasteiger partial charge in [-0.1, -0.05) is 32.6 Å². The minimum absolute atomic E-state index is 0.000105. The van der Waals surface area contributed by atoms with Crippen LogP contribution in [0.5, 0.6) is 5.75 Å². The first-order valence-electron chi connectivity index (χ1n) is 12.9. The molecule has 0 spiro atoms. The number of ketones is 1. The molecular weight excluding hydrogens is 448 g/mol. The summed E-state index contributed by atoms with van der Waals surface area (Å²) in [6.45, 7) is 9.25. The standard InChI is InChI=1S/C27H38O6Si/c1-5-12-31-27(30)25-23-20-15-18(33-17-8-6-7-9-17)10-11-19(20)21(16-22(23)28)24(25)26(29)32-13-14-34(2,3)4/h10-11,15,17,21,23-25H,5-9,12-14,16H2,1-4H3. The zero-order chi connectivity index (χ0) is 24.5. The summed E-state index contributed by atoms with van der Waals surface area (Å²) in [5.41, 5.74) is 1.79. The number of rotatable bonds is 9. The Morgan fingerprint density at radius 2 is 1.65 bits per heavy atom. The Balaban J connectivity index is 1.64. The molecule has 34 heavy (non-hydrogen) atoms. The van der Waals surface area contributed by atoms with Crippen molar-refractivity contribution in [3.63, 3.8) is 0 Å². The zero-order valence-corrected chi connectivity index (χ0v) is 21.9. The van der Waals surface area contributed by atoms with Gasteiger partial charge in [0.15, 0.2) is 0 Å². The zero-order valence-electron chi connectivity index (χ0n) is 20.9. The molecule has 4 unspecified atom stereocenters. The van der Waals surface area contributed by atoms with Crippen molar-refractivity contribution in [2.45, 2.75) is 89.1 Å². The topological polar surface area (TPSA) is 78.9 Å². The van der Waals surface area contributed by atoms with E-state index in [4.69, 9.17) is 14.2 Å². The predicted molar refractivity (Wildman–Crippen MR) is 132 cm³/mol. The maximum Gasteiger partial charge on any atom is 0.310 e. The van der Waals surface area contributed by atoms with Crippen molar-refractivity contribution in [3.05, 3.63) is 29.3 Å². The average Bonchev–Trinajstić information content (AvgIpc) is 3.29. The van der Waals surface area contributed by atoms with Gasteiger partial charge in [-0.05, 0) is 61.4 Å². The van der Waals surface area contributed by atoms with Crippen LogP contribution in [0, 0.1) is 11.8 Å². The van der Waals surface area contributed by atoms with E-state index >= 15 is 0 Å². The molecule has 0 heterocycles. The first-order chi connectivity index (χ1) is 16.2. The van der Waals surface area contributed by atoms with Crippen molar-refractivity contribution in [1.82, 2.24) is 0 Å². The third-order valence-electron chi connectivity index (χ3n) is 7.43. The fourth-order valence-corrected chi connectivity index (χ4v) is 6.39. The van der Waals surface area contributed by atoms with Crippen LogP contribution in [0.15, 0.2) is 18.2 Å². The molecule has 0 aliphatic heterocycles. The van der Waals surface area contributed by atoms with Gasteiger partial charge in [-0.25, -0.2) is 0 Å². The van der Waals surface area contributed by atoms with E-state index in [1.165, 1.54) is 12.8 Å². The van der Waals surface area contributed by atoms with E-state index in [0.29, 0.717) is 13.0 Å². The molecule has 186 valence electrons. The summed E-state index contributed by atoms with van der Waals surface area (Å²) in [6.07, 6.45) is 5.57. The van der Waals surface area contributed by atoms with Crippen LogP contribution in [0.2, 0.25) is 25.7 Å². The van der Waals surface area contributed by atoms with Gasteiger partial charge >= 0.3 is 11.9 Å². The van der Waals surface area contributed by atoms with E-state index in [1.54, 1.807) is 0 Å². The second-order valence-electron chi connectivity index (χ2n) is 11.3. The Morgan fingerprint density at radius 1 is 0.971 bits per heavy atom. The third-order valence-corrected chi connectivity index (χ3v) is 9.14. The van der Waals surface area contributed by atoms with Crippen LogP contribution >= 0.6 is 0 Å². The molecule has 4 aliphatic rings. The summed E-state index contributed by atoms with van der Waals surface area (Å²) in [7, 11) is -1.37. The summed E-state index contributed by atoms with van der Waals surface area (Å²) >= 11 is 0. The van der Waals surface area contributed by atoms with Gasteiger partial charge < -0.3 is 14.2 Å². The second kappa shape index (κ2) is 10.2. The van der Waals surface area contributed by atoms with Crippen molar-refractivity contribution in [3.8, 4) is 5.75 Å². The number of Topliss-reactive ketones (excluding diaryl/α,β-unsaturated/α-hetero) is 1. The number of hydrogen-bond acceptors (Lipinski definition) is 6. The van der Waals surface area contributed by atoms with Crippen molar-refractivity contribution in [1.29, 1.82) is 0 Å². The normalized spacial score (nSPS) is 26.3. The smallest absolute Gasteiger partial charge is 0.310 e. The Bertz CT molecular complexity index is 930. The van der Waals surface area contributed by atoms with Gasteiger partial charge in [0.2, 0.25) is 0 Å². The number of carbonyl (C=O) groups excluding carboxylic acids is 3. The highest BCUT2D eigenvalue weighted by Gasteiger charge is 2.58. The highest BCUT2D eigenvalue weighted by atomic mass is 28.3. The van der Waals surface area contributed by atoms with Crippen LogP contribution < -0.4 is 4.74 Å². The molecule has 2 saturated carbocycles. The molecular formula is C27H38O6Si. The molecule has 0 N–H and O–H groups in total. The van der Waals surface area contributed by atoms with Crippen LogP contribution in [0.4, 0.5) is 0 Å². The van der Waals surface area contributed by atoms with Crippen LogP contribution in [0.3, 0.4) is 0 Å². The minimum Gasteiger partial charge on any atom is -0.490 e. The van der Waals surface area contributed by atoms with Crippen LogP contribution in [-0.4, -0.2) is 45.1 Å². The Kier molecular flexibility index (Phi) is 7.50. The van der Waals surface area contributed by atoms with Gasteiger partial charge in [-0.3, -0.25) is 14.4 Å². The predicted octanol–water partition coefficient (Wildman–Crippen LogP) is 5.23. The van der Waals surface area contributed by atoms with Crippen LogP contribution in [0.25, 0.3) is 0 Å². The van der Waals surface area contributed by atoms with E-state index in [2.05, 4.69) is 19.6 Å². The van der Waals surface area contributed by atoms with Gasteiger partial charge in [-0.15, -0.1) is 0 Å². The van der Waals surface area contributed by atoms with Crippen LogP contribution in [0.1, 0.15) is 68.4 Å². The summed E-state index contributed by atoms with van der Waals surface area (Å²) in [6, 6.07) is 6.72. The molecule has 0 amide bonds. The molecule has 2 bridgehead atoms. The molecule has 0 aromatic heterocycles. The monoisotopic (exact) mass is 486 g/mol. The largest absolute Gasteiger partial charge is 0.490 e. The summed E-state index contributed by atoms with van der Waals surface area (Å²) in [5, 5.41) is 0. The lowest BCUT2D eigenvalue weighted by Gasteiger charge is -2.46. The number of benzene rings is 1. The molecule has 0 saturated heterocycles. The van der Waals surface area contributed by atoms with Crippen molar-refractivity contribution in [2.75, 3.05) is 13.2 Å².